The highest BCUT2D eigenvalue weighted by Gasteiger charge is 2.22. The predicted octanol–water partition coefficient (Wildman–Crippen LogP) is 3.07. The highest BCUT2D eigenvalue weighted by atomic mass is 16.5. The van der Waals surface area contributed by atoms with Crippen LogP contribution in [0.4, 0.5) is 5.69 Å². The second-order valence-electron chi connectivity index (χ2n) is 6.59. The first kappa shape index (κ1) is 18.0. The molecule has 0 saturated carbocycles. The van der Waals surface area contributed by atoms with Crippen LogP contribution >= 0.6 is 0 Å². The largest absolute Gasteiger partial charge is 0.372 e. The lowest BCUT2D eigenvalue weighted by Gasteiger charge is -2.34. The molecule has 5 nitrogen and oxygen atoms in total. The van der Waals surface area contributed by atoms with E-state index >= 15 is 0 Å². The van der Waals surface area contributed by atoms with Crippen molar-refractivity contribution < 1.29 is 9.53 Å². The van der Waals surface area contributed by atoms with Gasteiger partial charge in [-0.1, -0.05) is 17.7 Å². The smallest absolute Gasteiger partial charge is 0.267 e. The van der Waals surface area contributed by atoms with Crippen molar-refractivity contribution in [2.45, 2.75) is 46.8 Å². The predicted molar refractivity (Wildman–Crippen MR) is 94.6 cm³/mol. The summed E-state index contributed by atoms with van der Waals surface area (Å²) in [6.45, 7) is 11.3. The number of anilines is 1. The second kappa shape index (κ2) is 7.50. The van der Waals surface area contributed by atoms with Crippen LogP contribution < -0.4 is 5.32 Å². The summed E-state index contributed by atoms with van der Waals surface area (Å²) in [7, 11) is 0. The summed E-state index contributed by atoms with van der Waals surface area (Å²) in [5, 5.41) is 12.3. The zero-order valence-electron chi connectivity index (χ0n) is 15.0. The lowest BCUT2D eigenvalue weighted by Crippen LogP contribution is -2.43. The van der Waals surface area contributed by atoms with Gasteiger partial charge in [0.05, 0.1) is 12.2 Å². The SMILES string of the molecule is Cc1cc(C)c(NC(=O)/C(C#N)=C\N2CC(C)OC(C)C2)c(C)c1. The molecule has 0 spiro atoms. The topological polar surface area (TPSA) is 65.4 Å². The third-order valence-corrected chi connectivity index (χ3v) is 4.04. The number of nitrogens with one attached hydrogen (secondary N) is 1. The Morgan fingerprint density at radius 3 is 2.29 bits per heavy atom. The van der Waals surface area contributed by atoms with E-state index in [2.05, 4.69) is 5.32 Å². The third kappa shape index (κ3) is 4.36. The molecule has 2 atom stereocenters. The van der Waals surface area contributed by atoms with Gasteiger partial charge in [-0.15, -0.1) is 0 Å². The minimum absolute atomic E-state index is 0.0783. The van der Waals surface area contributed by atoms with Crippen LogP contribution in [0.1, 0.15) is 30.5 Å². The average molecular weight is 327 g/mol. The number of aryl methyl sites for hydroxylation is 3. The maximum absolute atomic E-state index is 12.5. The number of ether oxygens (including phenoxy) is 1. The van der Waals surface area contributed by atoms with Gasteiger partial charge in [-0.3, -0.25) is 4.79 Å². The first-order valence-electron chi connectivity index (χ1n) is 8.20. The monoisotopic (exact) mass is 327 g/mol. The van der Waals surface area contributed by atoms with Crippen LogP contribution in [0.5, 0.6) is 0 Å². The van der Waals surface area contributed by atoms with Gasteiger partial charge in [-0.2, -0.15) is 5.26 Å². The Hall–Kier alpha value is -2.32. The number of amides is 1. The zero-order valence-corrected chi connectivity index (χ0v) is 15.0. The van der Waals surface area contributed by atoms with E-state index in [0.29, 0.717) is 13.1 Å². The third-order valence-electron chi connectivity index (χ3n) is 4.04. The van der Waals surface area contributed by atoms with E-state index in [1.807, 2.05) is 57.7 Å². The lowest BCUT2D eigenvalue weighted by atomic mass is 10.0. The number of hydrogen-bond acceptors (Lipinski definition) is 4. The summed E-state index contributed by atoms with van der Waals surface area (Å²) in [4.78, 5) is 14.5. The van der Waals surface area contributed by atoms with Gasteiger partial charge in [0.2, 0.25) is 0 Å². The summed E-state index contributed by atoms with van der Waals surface area (Å²) in [6, 6.07) is 6.05. The van der Waals surface area contributed by atoms with Crippen molar-refractivity contribution >= 4 is 11.6 Å². The second-order valence-corrected chi connectivity index (χ2v) is 6.59. The molecule has 0 aliphatic carbocycles. The molecule has 1 aromatic rings. The molecule has 2 unspecified atom stereocenters. The number of morpholine rings is 1. The number of carbonyl (C=O) groups excluding carboxylic acids is 1. The summed E-state index contributed by atoms with van der Waals surface area (Å²) in [5.41, 5.74) is 4.01. The molecule has 24 heavy (non-hydrogen) atoms. The highest BCUT2D eigenvalue weighted by Crippen LogP contribution is 2.22. The Morgan fingerprint density at radius 1 is 1.25 bits per heavy atom. The fourth-order valence-electron chi connectivity index (χ4n) is 3.20. The van der Waals surface area contributed by atoms with Crippen molar-refractivity contribution in [1.29, 1.82) is 5.26 Å². The number of hydrogen-bond donors (Lipinski definition) is 1. The van der Waals surface area contributed by atoms with Crippen LogP contribution in [0.2, 0.25) is 0 Å². The van der Waals surface area contributed by atoms with Crippen LogP contribution in [0.15, 0.2) is 23.9 Å². The standard InChI is InChI=1S/C19H25N3O2/c1-12-6-13(2)18(14(3)7-12)21-19(23)17(8-20)11-22-9-15(4)24-16(5)10-22/h6-7,11,15-16H,9-10H2,1-5H3,(H,21,23)/b17-11-. The van der Waals surface area contributed by atoms with Crippen LogP contribution in [0.25, 0.3) is 0 Å². The summed E-state index contributed by atoms with van der Waals surface area (Å²) in [5.74, 6) is -0.376. The summed E-state index contributed by atoms with van der Waals surface area (Å²) in [6.07, 6.45) is 1.80. The highest BCUT2D eigenvalue weighted by molar-refractivity contribution is 6.07. The Bertz CT molecular complexity index is 670. The van der Waals surface area contributed by atoms with Gasteiger partial charge in [0, 0.05) is 25.0 Å². The minimum Gasteiger partial charge on any atom is -0.372 e. The molecular weight excluding hydrogens is 302 g/mol. The molecule has 1 aromatic carbocycles. The van der Waals surface area contributed by atoms with Crippen LogP contribution in [0, 0.1) is 32.1 Å². The van der Waals surface area contributed by atoms with Gasteiger partial charge in [0.15, 0.2) is 0 Å². The van der Waals surface area contributed by atoms with E-state index in [9.17, 15) is 10.1 Å². The van der Waals surface area contributed by atoms with Crippen molar-refractivity contribution in [3.63, 3.8) is 0 Å². The Morgan fingerprint density at radius 2 is 1.79 bits per heavy atom. The molecule has 1 N–H and O–H groups in total. The van der Waals surface area contributed by atoms with Crippen molar-refractivity contribution in [2.24, 2.45) is 0 Å². The molecule has 1 fully saturated rings. The van der Waals surface area contributed by atoms with Crippen molar-refractivity contribution in [1.82, 2.24) is 4.90 Å². The van der Waals surface area contributed by atoms with Crippen LogP contribution in [0.3, 0.4) is 0 Å². The van der Waals surface area contributed by atoms with E-state index in [1.165, 1.54) is 0 Å². The number of carbonyl (C=O) groups is 1. The van der Waals surface area contributed by atoms with E-state index in [4.69, 9.17) is 4.74 Å². The lowest BCUT2D eigenvalue weighted by molar-refractivity contribution is -0.112. The quantitative estimate of drug-likeness (QED) is 0.684. The molecule has 1 heterocycles. The first-order chi connectivity index (χ1) is 11.3. The molecule has 1 saturated heterocycles. The maximum atomic E-state index is 12.5. The Labute approximate surface area is 143 Å². The van der Waals surface area contributed by atoms with Crippen molar-refractivity contribution in [2.75, 3.05) is 18.4 Å². The minimum atomic E-state index is -0.376. The number of rotatable bonds is 3. The molecule has 5 heteroatoms. The molecule has 128 valence electrons. The van der Waals surface area contributed by atoms with Crippen molar-refractivity contribution in [3.8, 4) is 6.07 Å². The fourth-order valence-corrected chi connectivity index (χ4v) is 3.20. The number of nitriles is 1. The number of nitrogens with zero attached hydrogens (tertiary/aromatic N) is 2. The molecule has 0 radical (unpaired) electrons. The Balaban J connectivity index is 2.18. The zero-order chi connectivity index (χ0) is 17.9. The number of benzene rings is 1. The van der Waals surface area contributed by atoms with Gasteiger partial charge >= 0.3 is 0 Å². The van der Waals surface area contributed by atoms with Gasteiger partial charge in [0.1, 0.15) is 11.6 Å². The van der Waals surface area contributed by atoms with E-state index in [0.717, 1.165) is 22.4 Å². The van der Waals surface area contributed by atoms with Gasteiger partial charge < -0.3 is 15.0 Å². The van der Waals surface area contributed by atoms with E-state index in [-0.39, 0.29) is 23.7 Å². The van der Waals surface area contributed by atoms with Gasteiger partial charge in [-0.25, -0.2) is 0 Å². The maximum Gasteiger partial charge on any atom is 0.267 e. The molecule has 1 aliphatic heterocycles. The molecular formula is C19H25N3O2. The Kier molecular flexibility index (Phi) is 5.63. The molecule has 1 aliphatic rings. The normalized spacial score (nSPS) is 21.3. The van der Waals surface area contributed by atoms with E-state index < -0.39 is 0 Å². The van der Waals surface area contributed by atoms with Gasteiger partial charge in [-0.05, 0) is 45.7 Å². The van der Waals surface area contributed by atoms with E-state index in [1.54, 1.807) is 6.20 Å². The summed E-state index contributed by atoms with van der Waals surface area (Å²) >= 11 is 0. The first-order valence-corrected chi connectivity index (χ1v) is 8.20. The van der Waals surface area contributed by atoms with Crippen molar-refractivity contribution in [3.05, 3.63) is 40.6 Å². The van der Waals surface area contributed by atoms with Crippen LogP contribution in [-0.4, -0.2) is 36.1 Å². The van der Waals surface area contributed by atoms with Gasteiger partial charge in [0.25, 0.3) is 5.91 Å². The fraction of sp³-hybridized carbons (Fsp3) is 0.474. The molecule has 0 bridgehead atoms. The molecule has 2 rings (SSSR count). The summed E-state index contributed by atoms with van der Waals surface area (Å²) < 4.78 is 5.68. The molecule has 0 aromatic heterocycles. The van der Waals surface area contributed by atoms with Crippen LogP contribution in [-0.2, 0) is 9.53 Å². The average Bonchev–Trinajstić information content (AvgIpc) is 2.47. The molecule has 1 amide bonds.